The molecule has 0 aliphatic rings. The molecule has 0 atom stereocenters. The lowest BCUT2D eigenvalue weighted by atomic mass is 10.3. The lowest BCUT2D eigenvalue weighted by Crippen LogP contribution is -1.99. The van der Waals surface area contributed by atoms with Crippen molar-refractivity contribution in [2.75, 3.05) is 0 Å². The Balaban J connectivity index is 2.55. The lowest BCUT2D eigenvalue weighted by Gasteiger charge is -2.00. The summed E-state index contributed by atoms with van der Waals surface area (Å²) in [6.45, 7) is 4.19. The maximum Gasteiger partial charge on any atom is 0.172 e. The number of aldehydes is 1. The lowest BCUT2D eigenvalue weighted by molar-refractivity contribution is 0.111. The number of nitrogens with zero attached hydrogens (tertiary/aromatic N) is 3. The van der Waals surface area contributed by atoms with Gasteiger partial charge in [-0.1, -0.05) is 17.4 Å². The number of aromatic nitrogens is 3. The van der Waals surface area contributed by atoms with E-state index < -0.39 is 0 Å². The van der Waals surface area contributed by atoms with Crippen molar-refractivity contribution in [3.63, 3.8) is 0 Å². The van der Waals surface area contributed by atoms with Crippen molar-refractivity contribution in [3.05, 3.63) is 35.9 Å². The fourth-order valence-electron chi connectivity index (χ4n) is 1.32. The molecule has 2 rings (SSSR count). The second-order valence-corrected chi connectivity index (χ2v) is 3.84. The van der Waals surface area contributed by atoms with Gasteiger partial charge in [0.15, 0.2) is 12.0 Å². The maximum atomic E-state index is 10.8. The molecule has 0 saturated carbocycles. The zero-order valence-electron chi connectivity index (χ0n) is 7.96. The van der Waals surface area contributed by atoms with Crippen LogP contribution in [-0.2, 0) is 6.54 Å². The van der Waals surface area contributed by atoms with Crippen molar-refractivity contribution in [3.8, 4) is 10.6 Å². The zero-order valence-corrected chi connectivity index (χ0v) is 8.78. The molecule has 0 aliphatic carbocycles. The quantitative estimate of drug-likeness (QED) is 0.583. The third-order valence-electron chi connectivity index (χ3n) is 1.93. The first-order chi connectivity index (χ1) is 7.36. The highest BCUT2D eigenvalue weighted by molar-refractivity contribution is 7.13. The highest BCUT2D eigenvalue weighted by Gasteiger charge is 2.13. The fraction of sp³-hybridized carbons (Fsp3) is 0.100. The molecule has 0 aromatic carbocycles. The van der Waals surface area contributed by atoms with Crippen LogP contribution in [0, 0.1) is 0 Å². The Labute approximate surface area is 90.9 Å². The van der Waals surface area contributed by atoms with Gasteiger partial charge in [0.1, 0.15) is 5.69 Å². The van der Waals surface area contributed by atoms with Gasteiger partial charge in [0.25, 0.3) is 0 Å². The Morgan fingerprint density at radius 2 is 2.47 bits per heavy atom. The van der Waals surface area contributed by atoms with Crippen LogP contribution in [-0.4, -0.2) is 21.3 Å². The number of hydrogen-bond donors (Lipinski definition) is 0. The van der Waals surface area contributed by atoms with Crippen molar-refractivity contribution in [2.24, 2.45) is 0 Å². The summed E-state index contributed by atoms with van der Waals surface area (Å²) in [5, 5.41) is 9.67. The van der Waals surface area contributed by atoms with Crippen molar-refractivity contribution >= 4 is 17.6 Å². The summed E-state index contributed by atoms with van der Waals surface area (Å²) in [5.74, 6) is 0. The Morgan fingerprint density at radius 1 is 1.60 bits per heavy atom. The van der Waals surface area contributed by atoms with E-state index in [-0.39, 0.29) is 0 Å². The van der Waals surface area contributed by atoms with Crippen LogP contribution in [0.5, 0.6) is 0 Å². The van der Waals surface area contributed by atoms with Gasteiger partial charge in [-0.15, -0.1) is 23.0 Å². The smallest absolute Gasteiger partial charge is 0.172 e. The Bertz CT molecular complexity index is 473. The van der Waals surface area contributed by atoms with Crippen molar-refractivity contribution < 1.29 is 4.79 Å². The summed E-state index contributed by atoms with van der Waals surface area (Å²) >= 11 is 1.56. The standard InChI is InChI=1S/C10H9N3OS/c1-2-5-13-10(8(7-14)11-12-13)9-4-3-6-15-9/h2-4,6-7H,1,5H2. The maximum absolute atomic E-state index is 10.8. The molecule has 5 heteroatoms. The molecule has 0 aliphatic heterocycles. The number of carbonyl (C=O) groups excluding carboxylic acids is 1. The first kappa shape index (κ1) is 9.79. The number of hydrogen-bond acceptors (Lipinski definition) is 4. The minimum absolute atomic E-state index is 0.374. The molecule has 0 N–H and O–H groups in total. The molecule has 0 amide bonds. The van der Waals surface area contributed by atoms with E-state index in [1.165, 1.54) is 0 Å². The molecule has 76 valence electrons. The minimum atomic E-state index is 0.374. The fourth-order valence-corrected chi connectivity index (χ4v) is 2.11. The van der Waals surface area contributed by atoms with E-state index in [2.05, 4.69) is 16.9 Å². The average molecular weight is 219 g/mol. The van der Waals surface area contributed by atoms with Crippen LogP contribution in [0.3, 0.4) is 0 Å². The van der Waals surface area contributed by atoms with E-state index in [4.69, 9.17) is 0 Å². The van der Waals surface area contributed by atoms with E-state index in [1.54, 1.807) is 22.1 Å². The third kappa shape index (κ3) is 1.73. The summed E-state index contributed by atoms with van der Waals surface area (Å²) in [7, 11) is 0. The SMILES string of the molecule is C=CCn1nnc(C=O)c1-c1cccs1. The molecule has 0 radical (unpaired) electrons. The number of carbonyl (C=O) groups is 1. The summed E-state index contributed by atoms with van der Waals surface area (Å²) in [5.41, 5.74) is 1.14. The molecule has 2 aromatic heterocycles. The predicted octanol–water partition coefficient (Wildman–Crippen LogP) is 2.01. The molecule has 15 heavy (non-hydrogen) atoms. The molecule has 0 fully saturated rings. The van der Waals surface area contributed by atoms with Gasteiger partial charge in [0.2, 0.25) is 0 Å². The van der Waals surface area contributed by atoms with Crippen LogP contribution < -0.4 is 0 Å². The monoisotopic (exact) mass is 219 g/mol. The molecule has 0 saturated heterocycles. The van der Waals surface area contributed by atoms with Crippen LogP contribution in [0.25, 0.3) is 10.6 Å². The molecule has 4 nitrogen and oxygen atoms in total. The Kier molecular flexibility index (Phi) is 2.73. The minimum Gasteiger partial charge on any atom is -0.296 e. The normalized spacial score (nSPS) is 10.1. The molecule has 0 unspecified atom stereocenters. The highest BCUT2D eigenvalue weighted by Crippen LogP contribution is 2.25. The van der Waals surface area contributed by atoms with Crippen LogP contribution in [0.4, 0.5) is 0 Å². The zero-order chi connectivity index (χ0) is 10.7. The van der Waals surface area contributed by atoms with Crippen LogP contribution in [0.2, 0.25) is 0 Å². The number of thiophene rings is 1. The van der Waals surface area contributed by atoms with Gasteiger partial charge in [-0.2, -0.15) is 0 Å². The van der Waals surface area contributed by atoms with Gasteiger partial charge in [-0.3, -0.25) is 4.79 Å². The molecular weight excluding hydrogens is 210 g/mol. The second-order valence-electron chi connectivity index (χ2n) is 2.89. The number of rotatable bonds is 4. The molecule has 2 heterocycles. The third-order valence-corrected chi connectivity index (χ3v) is 2.81. The summed E-state index contributed by atoms with van der Waals surface area (Å²) < 4.78 is 1.67. The van der Waals surface area contributed by atoms with Crippen molar-refractivity contribution in [2.45, 2.75) is 6.54 Å². The second kappa shape index (κ2) is 4.18. The van der Waals surface area contributed by atoms with E-state index in [9.17, 15) is 4.79 Å². The van der Waals surface area contributed by atoms with Crippen LogP contribution in [0.1, 0.15) is 10.5 Å². The van der Waals surface area contributed by atoms with Gasteiger partial charge in [-0.05, 0) is 11.4 Å². The van der Waals surface area contributed by atoms with E-state index in [1.807, 2.05) is 17.5 Å². The van der Waals surface area contributed by atoms with Gasteiger partial charge in [0, 0.05) is 0 Å². The van der Waals surface area contributed by atoms with Crippen LogP contribution in [0.15, 0.2) is 30.2 Å². The largest absolute Gasteiger partial charge is 0.296 e. The van der Waals surface area contributed by atoms with E-state index in [0.717, 1.165) is 16.9 Å². The highest BCUT2D eigenvalue weighted by atomic mass is 32.1. The number of allylic oxidation sites excluding steroid dienone is 1. The van der Waals surface area contributed by atoms with E-state index in [0.29, 0.717) is 12.2 Å². The Hall–Kier alpha value is -1.75. The topological polar surface area (TPSA) is 47.8 Å². The van der Waals surface area contributed by atoms with E-state index >= 15 is 0 Å². The first-order valence-corrected chi connectivity index (χ1v) is 5.28. The predicted molar refractivity (Wildman–Crippen MR) is 58.9 cm³/mol. The summed E-state index contributed by atoms with van der Waals surface area (Å²) in [6.07, 6.45) is 2.45. The van der Waals surface area contributed by atoms with Gasteiger partial charge in [-0.25, -0.2) is 4.68 Å². The van der Waals surface area contributed by atoms with Crippen molar-refractivity contribution in [1.29, 1.82) is 0 Å². The first-order valence-electron chi connectivity index (χ1n) is 4.40. The molecule has 0 bridgehead atoms. The average Bonchev–Trinajstić information content (AvgIpc) is 2.85. The van der Waals surface area contributed by atoms with Gasteiger partial charge in [0.05, 0.1) is 11.4 Å². The molecular formula is C10H9N3OS. The van der Waals surface area contributed by atoms with Gasteiger partial charge < -0.3 is 0 Å². The molecule has 0 spiro atoms. The Morgan fingerprint density at radius 3 is 3.07 bits per heavy atom. The van der Waals surface area contributed by atoms with Crippen LogP contribution >= 0.6 is 11.3 Å². The molecule has 2 aromatic rings. The van der Waals surface area contributed by atoms with Gasteiger partial charge >= 0.3 is 0 Å². The van der Waals surface area contributed by atoms with Crippen molar-refractivity contribution in [1.82, 2.24) is 15.0 Å². The summed E-state index contributed by atoms with van der Waals surface area (Å²) in [6, 6.07) is 3.87. The summed E-state index contributed by atoms with van der Waals surface area (Å²) in [4.78, 5) is 11.8.